The third-order valence-electron chi connectivity index (χ3n) is 4.33. The van der Waals surface area contributed by atoms with E-state index in [1.165, 1.54) is 0 Å². The lowest BCUT2D eigenvalue weighted by Gasteiger charge is -1.97. The first-order chi connectivity index (χ1) is 6.38. The summed E-state index contributed by atoms with van der Waals surface area (Å²) < 4.78 is 5.55. The van der Waals surface area contributed by atoms with Gasteiger partial charge in [-0.3, -0.25) is 0 Å². The molecule has 8 atom stereocenters. The fraction of sp³-hybridized carbons (Fsp3) is 0.800. The summed E-state index contributed by atoms with van der Waals surface area (Å²) in [6, 6.07) is 4.70. The van der Waals surface area contributed by atoms with Gasteiger partial charge in [-0.1, -0.05) is 0 Å². The number of ether oxygens (including phenoxy) is 1. The predicted octanol–water partition coefficient (Wildman–Crippen LogP) is 0.539. The minimum Gasteiger partial charge on any atom is -0.369 e. The molecule has 1 aliphatic heterocycles. The Hall–Kier alpha value is -1.06. The van der Waals surface area contributed by atoms with Crippen LogP contribution in [0.3, 0.4) is 0 Å². The largest absolute Gasteiger partial charge is 0.369 e. The molecule has 3 nitrogen and oxygen atoms in total. The van der Waals surface area contributed by atoms with E-state index in [1.54, 1.807) is 0 Å². The first-order valence-electron chi connectivity index (χ1n) is 4.83. The Labute approximate surface area is 75.9 Å². The van der Waals surface area contributed by atoms with Crippen molar-refractivity contribution in [1.29, 1.82) is 10.5 Å². The molecular formula is C10H8N2O. The van der Waals surface area contributed by atoms with Crippen LogP contribution in [0.25, 0.3) is 0 Å². The van der Waals surface area contributed by atoms with Crippen molar-refractivity contribution in [3.05, 3.63) is 0 Å². The molecule has 64 valence electrons. The van der Waals surface area contributed by atoms with Gasteiger partial charge in [0.1, 0.15) is 0 Å². The van der Waals surface area contributed by atoms with Crippen LogP contribution in [0.4, 0.5) is 0 Å². The van der Waals surface area contributed by atoms with Crippen LogP contribution < -0.4 is 0 Å². The minimum atomic E-state index is 0.211. The molecule has 0 bridgehead atoms. The summed E-state index contributed by atoms with van der Waals surface area (Å²) >= 11 is 0. The van der Waals surface area contributed by atoms with Gasteiger partial charge >= 0.3 is 0 Å². The molecule has 3 saturated carbocycles. The van der Waals surface area contributed by atoms with Crippen LogP contribution in [0.15, 0.2) is 0 Å². The van der Waals surface area contributed by atoms with Crippen LogP contribution in [0.2, 0.25) is 0 Å². The van der Waals surface area contributed by atoms with Crippen molar-refractivity contribution in [2.45, 2.75) is 12.2 Å². The molecule has 0 N–H and O–H groups in total. The van der Waals surface area contributed by atoms with Crippen LogP contribution in [0.5, 0.6) is 0 Å². The quantitative estimate of drug-likeness (QED) is 0.501. The molecule has 0 unspecified atom stereocenters. The van der Waals surface area contributed by atoms with Crippen LogP contribution in [0, 0.1) is 58.2 Å². The van der Waals surface area contributed by atoms with Gasteiger partial charge in [-0.15, -0.1) is 0 Å². The highest BCUT2D eigenvalue weighted by Crippen LogP contribution is 2.76. The molecule has 4 aliphatic rings. The molecule has 13 heavy (non-hydrogen) atoms. The molecule has 4 rings (SSSR count). The van der Waals surface area contributed by atoms with Crippen molar-refractivity contribution in [3.63, 3.8) is 0 Å². The summed E-state index contributed by atoms with van der Waals surface area (Å²) in [7, 11) is 0. The lowest BCUT2D eigenvalue weighted by Crippen LogP contribution is -2.08. The van der Waals surface area contributed by atoms with E-state index >= 15 is 0 Å². The Morgan fingerprint density at radius 2 is 1.23 bits per heavy atom. The van der Waals surface area contributed by atoms with E-state index in [4.69, 9.17) is 15.3 Å². The molecule has 4 fully saturated rings. The van der Waals surface area contributed by atoms with Crippen LogP contribution in [-0.2, 0) is 4.74 Å². The number of hydrogen-bond donors (Lipinski definition) is 0. The maximum absolute atomic E-state index is 8.88. The van der Waals surface area contributed by atoms with E-state index in [2.05, 4.69) is 12.1 Å². The van der Waals surface area contributed by atoms with Gasteiger partial charge in [0.15, 0.2) is 0 Å². The van der Waals surface area contributed by atoms with Crippen molar-refractivity contribution in [2.24, 2.45) is 35.5 Å². The van der Waals surface area contributed by atoms with Gasteiger partial charge < -0.3 is 4.74 Å². The molecule has 1 saturated heterocycles. The van der Waals surface area contributed by atoms with E-state index in [9.17, 15) is 0 Å². The number of hydrogen-bond acceptors (Lipinski definition) is 3. The zero-order chi connectivity index (χ0) is 8.74. The van der Waals surface area contributed by atoms with E-state index in [1.807, 2.05) is 0 Å². The Morgan fingerprint density at radius 3 is 1.62 bits per heavy atom. The molecular weight excluding hydrogens is 164 g/mol. The maximum atomic E-state index is 8.88. The SMILES string of the molecule is N#C[C@@H]1[C@H]2[C@H]3[C@H](C#N)[C@H]3[C@H]3O[C@H]3[C@@H]12. The van der Waals surface area contributed by atoms with Gasteiger partial charge in [-0.25, -0.2) is 0 Å². The van der Waals surface area contributed by atoms with Crippen LogP contribution in [0.1, 0.15) is 0 Å². The monoisotopic (exact) mass is 172 g/mol. The molecule has 1 heterocycles. The molecule has 0 radical (unpaired) electrons. The van der Waals surface area contributed by atoms with Gasteiger partial charge in [0.25, 0.3) is 0 Å². The van der Waals surface area contributed by atoms with E-state index in [-0.39, 0.29) is 11.8 Å². The molecule has 0 aromatic heterocycles. The average molecular weight is 172 g/mol. The summed E-state index contributed by atoms with van der Waals surface area (Å²) in [5.41, 5.74) is 0. The van der Waals surface area contributed by atoms with Crippen molar-refractivity contribution >= 4 is 0 Å². The van der Waals surface area contributed by atoms with Crippen molar-refractivity contribution < 1.29 is 4.74 Å². The Morgan fingerprint density at radius 1 is 0.769 bits per heavy atom. The average Bonchev–Trinajstić information content (AvgIpc) is 2.98. The fourth-order valence-electron chi connectivity index (χ4n) is 3.66. The summed E-state index contributed by atoms with van der Waals surface area (Å²) in [5.74, 6) is 2.45. The molecule has 0 spiro atoms. The van der Waals surface area contributed by atoms with Gasteiger partial charge in [0.05, 0.1) is 36.2 Å². The summed E-state index contributed by atoms with van der Waals surface area (Å²) in [4.78, 5) is 0. The fourth-order valence-corrected chi connectivity index (χ4v) is 3.66. The molecule has 0 amide bonds. The lowest BCUT2D eigenvalue weighted by atomic mass is 10.0. The van der Waals surface area contributed by atoms with E-state index in [0.29, 0.717) is 35.9 Å². The summed E-state index contributed by atoms with van der Waals surface area (Å²) in [5, 5.41) is 17.8. The maximum Gasteiger partial charge on any atom is 0.0889 e. The summed E-state index contributed by atoms with van der Waals surface area (Å²) in [6.45, 7) is 0. The normalized spacial score (nSPS) is 69.1. The molecule has 3 heteroatoms. The highest BCUT2D eigenvalue weighted by atomic mass is 16.6. The number of rotatable bonds is 0. The zero-order valence-electron chi connectivity index (χ0n) is 6.92. The van der Waals surface area contributed by atoms with E-state index in [0.717, 1.165) is 0 Å². The number of fused-ring (bicyclic) bond motifs is 6. The smallest absolute Gasteiger partial charge is 0.0889 e. The Kier molecular flexibility index (Phi) is 0.791. The van der Waals surface area contributed by atoms with Gasteiger partial charge in [0, 0.05) is 11.8 Å². The Balaban J connectivity index is 1.72. The third-order valence-corrected chi connectivity index (χ3v) is 4.33. The number of nitrogens with zero attached hydrogens (tertiary/aromatic N) is 2. The van der Waals surface area contributed by atoms with Crippen LogP contribution in [-0.4, -0.2) is 12.2 Å². The predicted molar refractivity (Wildman–Crippen MR) is 40.8 cm³/mol. The van der Waals surface area contributed by atoms with Crippen molar-refractivity contribution in [1.82, 2.24) is 0 Å². The van der Waals surface area contributed by atoms with E-state index < -0.39 is 0 Å². The van der Waals surface area contributed by atoms with Crippen molar-refractivity contribution in [3.8, 4) is 12.1 Å². The molecule has 0 aromatic rings. The second kappa shape index (κ2) is 1.61. The first-order valence-corrected chi connectivity index (χ1v) is 4.83. The third kappa shape index (κ3) is 0.522. The molecule has 0 aromatic carbocycles. The highest BCUT2D eigenvalue weighted by molar-refractivity contribution is 5.33. The number of nitriles is 2. The van der Waals surface area contributed by atoms with Crippen molar-refractivity contribution in [2.75, 3.05) is 0 Å². The van der Waals surface area contributed by atoms with Gasteiger partial charge in [-0.05, 0) is 11.8 Å². The summed E-state index contributed by atoms with van der Waals surface area (Å²) in [6.07, 6.45) is 0.712. The second-order valence-corrected chi connectivity index (χ2v) is 4.68. The Bertz CT molecular complexity index is 343. The number of epoxide rings is 1. The second-order valence-electron chi connectivity index (χ2n) is 4.68. The zero-order valence-corrected chi connectivity index (χ0v) is 6.92. The first kappa shape index (κ1) is 6.40. The van der Waals surface area contributed by atoms with Crippen LogP contribution >= 0.6 is 0 Å². The van der Waals surface area contributed by atoms with Gasteiger partial charge in [-0.2, -0.15) is 10.5 Å². The van der Waals surface area contributed by atoms with Gasteiger partial charge in [0.2, 0.25) is 0 Å². The minimum absolute atomic E-state index is 0.211. The lowest BCUT2D eigenvalue weighted by molar-refractivity contribution is 0.344. The highest BCUT2D eigenvalue weighted by Gasteiger charge is 2.81. The standard InChI is InChI=1S/C10H8N2O/c11-1-3-5-6-4(2-12)8(6)10-9(13-10)7(3)5/h3-10H/t3-,4+,5+,6-,7+,8-,9+,10-. The molecule has 3 aliphatic carbocycles. The topological polar surface area (TPSA) is 60.1 Å².